The highest BCUT2D eigenvalue weighted by Gasteiger charge is 2.54. The minimum atomic E-state index is -0.672. The van der Waals surface area contributed by atoms with Crippen LogP contribution in [0.4, 0.5) is 14.9 Å². The van der Waals surface area contributed by atoms with E-state index in [1.54, 1.807) is 31.2 Å². The fourth-order valence-corrected chi connectivity index (χ4v) is 4.15. The van der Waals surface area contributed by atoms with E-state index in [9.17, 15) is 14.0 Å². The van der Waals surface area contributed by atoms with Gasteiger partial charge in [-0.05, 0) is 36.4 Å². The van der Waals surface area contributed by atoms with Crippen LogP contribution in [0.15, 0.2) is 59.7 Å². The lowest BCUT2D eigenvalue weighted by Crippen LogP contribution is -2.63. The second-order valence-electron chi connectivity index (χ2n) is 7.54. The van der Waals surface area contributed by atoms with Gasteiger partial charge in [-0.3, -0.25) is 19.5 Å². The predicted molar refractivity (Wildman–Crippen MR) is 113 cm³/mol. The number of imide groups is 1. The van der Waals surface area contributed by atoms with Crippen molar-refractivity contribution in [3.05, 3.63) is 66.1 Å². The Morgan fingerprint density at radius 2 is 1.81 bits per heavy atom. The van der Waals surface area contributed by atoms with Crippen LogP contribution in [0.3, 0.4) is 0 Å². The summed E-state index contributed by atoms with van der Waals surface area (Å²) in [6.45, 7) is 0. The van der Waals surface area contributed by atoms with Gasteiger partial charge >= 0.3 is 6.03 Å². The Bertz CT molecular complexity index is 1150. The van der Waals surface area contributed by atoms with Crippen LogP contribution in [0.1, 0.15) is 5.56 Å². The van der Waals surface area contributed by atoms with Crippen LogP contribution in [0.2, 0.25) is 0 Å². The van der Waals surface area contributed by atoms with E-state index in [0.717, 1.165) is 21.8 Å². The number of amides is 3. The van der Waals surface area contributed by atoms with E-state index in [1.807, 2.05) is 35.4 Å². The normalized spacial score (nSPS) is 22.5. The van der Waals surface area contributed by atoms with E-state index in [-0.39, 0.29) is 11.7 Å². The molecule has 2 unspecified atom stereocenters. The van der Waals surface area contributed by atoms with E-state index in [1.165, 1.54) is 24.1 Å². The number of urea groups is 1. The minimum absolute atomic E-state index is 0.325. The van der Waals surface area contributed by atoms with Gasteiger partial charge in [0.05, 0.1) is 18.5 Å². The molecule has 0 N–H and O–H groups in total. The molecule has 3 heterocycles. The zero-order chi connectivity index (χ0) is 21.9. The SMILES string of the molecule is COc1cccc(N2C(c3ccc(F)cc3)=CN3C2=NC2C3C(=O)N(C)C(=O)N2C)c1. The van der Waals surface area contributed by atoms with E-state index in [0.29, 0.717) is 11.7 Å². The van der Waals surface area contributed by atoms with Gasteiger partial charge in [0, 0.05) is 31.9 Å². The van der Waals surface area contributed by atoms with Crippen molar-refractivity contribution in [1.29, 1.82) is 0 Å². The molecule has 3 aliphatic heterocycles. The van der Waals surface area contributed by atoms with Crippen molar-refractivity contribution >= 4 is 29.3 Å². The summed E-state index contributed by atoms with van der Waals surface area (Å²) in [6.07, 6.45) is 1.19. The average molecular weight is 421 g/mol. The number of benzene rings is 2. The Morgan fingerprint density at radius 1 is 1.06 bits per heavy atom. The summed E-state index contributed by atoms with van der Waals surface area (Å²) in [6, 6.07) is 12.5. The van der Waals surface area contributed by atoms with Crippen LogP contribution in [-0.2, 0) is 4.79 Å². The number of nitrogens with zero attached hydrogens (tertiary/aromatic N) is 5. The first-order valence-corrected chi connectivity index (χ1v) is 9.73. The summed E-state index contributed by atoms with van der Waals surface area (Å²) >= 11 is 0. The van der Waals surface area contributed by atoms with Gasteiger partial charge in [-0.2, -0.15) is 0 Å². The largest absolute Gasteiger partial charge is 0.497 e. The Balaban J connectivity index is 1.65. The lowest BCUT2D eigenvalue weighted by molar-refractivity contribution is -0.135. The lowest BCUT2D eigenvalue weighted by atomic mass is 10.1. The fraction of sp³-hybridized carbons (Fsp3) is 0.227. The first-order valence-electron chi connectivity index (χ1n) is 9.73. The zero-order valence-corrected chi connectivity index (χ0v) is 17.2. The predicted octanol–water partition coefficient (Wildman–Crippen LogP) is 2.54. The smallest absolute Gasteiger partial charge is 0.328 e. The van der Waals surface area contributed by atoms with Gasteiger partial charge < -0.3 is 9.64 Å². The zero-order valence-electron chi connectivity index (χ0n) is 17.2. The summed E-state index contributed by atoms with van der Waals surface area (Å²) in [5.41, 5.74) is 2.27. The summed E-state index contributed by atoms with van der Waals surface area (Å²) < 4.78 is 18.9. The molecule has 2 aromatic carbocycles. The van der Waals surface area contributed by atoms with Crippen molar-refractivity contribution in [1.82, 2.24) is 14.7 Å². The maximum Gasteiger partial charge on any atom is 0.328 e. The number of methoxy groups -OCH3 is 1. The molecule has 5 rings (SSSR count). The number of carbonyl (C=O) groups is 2. The molecule has 8 nitrogen and oxygen atoms in total. The Morgan fingerprint density at radius 3 is 2.52 bits per heavy atom. The number of guanidine groups is 1. The molecule has 2 atom stereocenters. The summed E-state index contributed by atoms with van der Waals surface area (Å²) in [5, 5.41) is 0. The number of hydrogen-bond acceptors (Lipinski definition) is 6. The molecule has 1 fully saturated rings. The van der Waals surface area contributed by atoms with E-state index >= 15 is 0 Å². The highest BCUT2D eigenvalue weighted by molar-refractivity contribution is 6.16. The third kappa shape index (κ3) is 2.77. The highest BCUT2D eigenvalue weighted by atomic mass is 19.1. The molecule has 158 valence electrons. The van der Waals surface area contributed by atoms with Crippen LogP contribution < -0.4 is 9.64 Å². The average Bonchev–Trinajstić information content (AvgIpc) is 3.33. The van der Waals surface area contributed by atoms with Crippen LogP contribution in [0.25, 0.3) is 5.70 Å². The molecular weight excluding hydrogens is 401 g/mol. The molecule has 0 bridgehead atoms. The summed E-state index contributed by atoms with van der Waals surface area (Å²) in [4.78, 5) is 36.4. The van der Waals surface area contributed by atoms with Gasteiger partial charge in [-0.15, -0.1) is 0 Å². The second-order valence-corrected chi connectivity index (χ2v) is 7.54. The molecule has 2 aromatic rings. The van der Waals surface area contributed by atoms with Crippen molar-refractivity contribution in [3.8, 4) is 5.75 Å². The summed E-state index contributed by atoms with van der Waals surface area (Å²) in [5.74, 6) is 0.519. The topological polar surface area (TPSA) is 68.7 Å². The molecule has 3 aliphatic rings. The second kappa shape index (κ2) is 6.83. The first kappa shape index (κ1) is 19.1. The van der Waals surface area contributed by atoms with Gasteiger partial charge in [0.25, 0.3) is 5.91 Å². The number of hydrogen-bond donors (Lipinski definition) is 0. The van der Waals surface area contributed by atoms with Gasteiger partial charge in [0.1, 0.15) is 11.6 Å². The number of fused-ring (bicyclic) bond motifs is 3. The van der Waals surface area contributed by atoms with Crippen LogP contribution in [-0.4, -0.2) is 66.0 Å². The van der Waals surface area contributed by atoms with Gasteiger partial charge in [0.2, 0.25) is 5.96 Å². The lowest BCUT2D eigenvalue weighted by Gasteiger charge is -2.38. The molecule has 3 amide bonds. The van der Waals surface area contributed by atoms with Crippen molar-refractivity contribution in [2.45, 2.75) is 12.2 Å². The summed E-state index contributed by atoms with van der Waals surface area (Å²) in [7, 11) is 4.69. The molecule has 31 heavy (non-hydrogen) atoms. The molecular formula is C22H20FN5O3. The Labute approximate surface area is 178 Å². The third-order valence-corrected chi connectivity index (χ3v) is 5.78. The van der Waals surface area contributed by atoms with E-state index in [4.69, 9.17) is 9.73 Å². The number of halogens is 1. The Kier molecular flexibility index (Phi) is 4.21. The minimum Gasteiger partial charge on any atom is -0.497 e. The van der Waals surface area contributed by atoms with Crippen LogP contribution in [0.5, 0.6) is 5.75 Å². The molecule has 1 saturated heterocycles. The molecule has 9 heteroatoms. The van der Waals surface area contributed by atoms with Gasteiger partial charge in [0.15, 0.2) is 12.2 Å². The van der Waals surface area contributed by atoms with E-state index < -0.39 is 18.2 Å². The van der Waals surface area contributed by atoms with Gasteiger partial charge in [-0.25, -0.2) is 14.2 Å². The molecule has 0 radical (unpaired) electrons. The quantitative estimate of drug-likeness (QED) is 0.762. The van der Waals surface area contributed by atoms with Crippen molar-refractivity contribution in [2.75, 3.05) is 26.1 Å². The fourth-order valence-electron chi connectivity index (χ4n) is 4.15. The highest BCUT2D eigenvalue weighted by Crippen LogP contribution is 2.40. The number of likely N-dealkylation sites (N-methyl/N-ethyl adjacent to an activating group) is 2. The number of anilines is 1. The number of ether oxygens (including phenoxy) is 1. The number of carbonyl (C=O) groups excluding carboxylic acids is 2. The molecule has 0 aromatic heterocycles. The van der Waals surface area contributed by atoms with E-state index in [2.05, 4.69) is 0 Å². The van der Waals surface area contributed by atoms with Crippen molar-refractivity contribution < 1.29 is 18.7 Å². The standard InChI is InChI=1S/C22H20FN5O3/c1-25-19-18(20(29)26(2)22(25)30)27-12-17(13-7-9-14(23)10-8-13)28(21(27)24-19)15-5-4-6-16(11-15)31-3/h4-12,18-19H,1-3H3. The van der Waals surface area contributed by atoms with Gasteiger partial charge in [-0.1, -0.05) is 6.07 Å². The maximum absolute atomic E-state index is 13.5. The van der Waals surface area contributed by atoms with Crippen LogP contribution in [0, 0.1) is 5.82 Å². The number of aliphatic imine (C=N–C) groups is 1. The molecule has 0 spiro atoms. The molecule has 0 saturated carbocycles. The third-order valence-electron chi connectivity index (χ3n) is 5.78. The Hall–Kier alpha value is -3.88. The first-order chi connectivity index (χ1) is 14.9. The monoisotopic (exact) mass is 421 g/mol. The van der Waals surface area contributed by atoms with Crippen LogP contribution >= 0.6 is 0 Å². The maximum atomic E-state index is 13.5. The number of rotatable bonds is 3. The molecule has 0 aliphatic carbocycles. The van der Waals surface area contributed by atoms with Crippen molar-refractivity contribution in [3.63, 3.8) is 0 Å². The van der Waals surface area contributed by atoms with Crippen molar-refractivity contribution in [2.24, 2.45) is 4.99 Å².